The predicted octanol–water partition coefficient (Wildman–Crippen LogP) is 4.11. The van der Waals surface area contributed by atoms with Gasteiger partial charge in [-0.2, -0.15) is 0 Å². The second-order valence-electron chi connectivity index (χ2n) is 6.63. The van der Waals surface area contributed by atoms with Crippen molar-refractivity contribution in [2.45, 2.75) is 0 Å². The number of non-ortho nitro benzene ring substituents is 1. The molecule has 0 bridgehead atoms. The molecular weight excluding hydrogens is 454 g/mol. The van der Waals surface area contributed by atoms with E-state index in [1.807, 2.05) is 0 Å². The summed E-state index contributed by atoms with van der Waals surface area (Å²) in [7, 11) is 0. The summed E-state index contributed by atoms with van der Waals surface area (Å²) in [6.45, 7) is 0. The van der Waals surface area contributed by atoms with E-state index in [0.717, 1.165) is 24.3 Å². The molecule has 172 valence electrons. The third kappa shape index (κ3) is 4.91. The zero-order chi connectivity index (χ0) is 25.0. The van der Waals surface area contributed by atoms with E-state index in [-0.39, 0.29) is 11.4 Å². The van der Waals surface area contributed by atoms with Crippen LogP contribution in [-0.4, -0.2) is 31.8 Å². The maximum atomic E-state index is 12.6. The lowest BCUT2D eigenvalue weighted by molar-refractivity contribution is -0.393. The summed E-state index contributed by atoms with van der Waals surface area (Å²) in [5.74, 6) is -2.53. The first-order chi connectivity index (χ1) is 16.1. The summed E-state index contributed by atoms with van der Waals surface area (Å²) in [6.07, 6.45) is 0. The fourth-order valence-electron chi connectivity index (χ4n) is 2.99. The Bertz CT molecular complexity index is 1340. The van der Waals surface area contributed by atoms with E-state index in [0.29, 0.717) is 5.69 Å². The highest BCUT2D eigenvalue weighted by Gasteiger charge is 2.27. The number of hydrogen-bond acceptors (Lipinski definition) is 9. The topological polar surface area (TPSA) is 208 Å². The smallest absolute Gasteiger partial charge is 0.343 e. The van der Waals surface area contributed by atoms with Crippen LogP contribution in [0.4, 0.5) is 34.1 Å². The van der Waals surface area contributed by atoms with Crippen LogP contribution in [0.3, 0.4) is 0 Å². The largest absolute Gasteiger partial charge is 0.477 e. The molecule has 0 spiro atoms. The average Bonchev–Trinajstić information content (AvgIpc) is 2.79. The number of nitrogens with one attached hydrogen (secondary N) is 2. The number of anilines is 3. The molecule has 0 aliphatic carbocycles. The number of carboxylic acid groups (broad SMARTS) is 1. The van der Waals surface area contributed by atoms with Gasteiger partial charge in [0.25, 0.3) is 23.0 Å². The van der Waals surface area contributed by atoms with Crippen molar-refractivity contribution in [1.29, 1.82) is 0 Å². The van der Waals surface area contributed by atoms with Crippen LogP contribution in [0.5, 0.6) is 0 Å². The van der Waals surface area contributed by atoms with Gasteiger partial charge in [0.05, 0.1) is 26.4 Å². The first kappa shape index (κ1) is 23.3. The second kappa shape index (κ2) is 9.39. The number of benzene rings is 3. The molecule has 0 aromatic heterocycles. The van der Waals surface area contributed by atoms with Gasteiger partial charge in [0.2, 0.25) is 0 Å². The quantitative estimate of drug-likeness (QED) is 0.319. The van der Waals surface area contributed by atoms with Gasteiger partial charge in [0.15, 0.2) is 0 Å². The van der Waals surface area contributed by atoms with Gasteiger partial charge in [-0.15, -0.1) is 0 Å². The first-order valence-corrected chi connectivity index (χ1v) is 9.20. The van der Waals surface area contributed by atoms with E-state index in [9.17, 15) is 45.0 Å². The highest BCUT2D eigenvalue weighted by Crippen LogP contribution is 2.32. The van der Waals surface area contributed by atoms with Gasteiger partial charge in [-0.3, -0.25) is 35.1 Å². The minimum absolute atomic E-state index is 0.00455. The summed E-state index contributed by atoms with van der Waals surface area (Å²) in [5.41, 5.74) is -2.32. The van der Waals surface area contributed by atoms with E-state index in [4.69, 9.17) is 0 Å². The molecule has 14 heteroatoms. The number of carbonyl (C=O) groups excluding carboxylic acids is 1. The molecule has 0 aliphatic heterocycles. The molecule has 3 aromatic rings. The lowest BCUT2D eigenvalue weighted by atomic mass is 10.0. The van der Waals surface area contributed by atoms with Gasteiger partial charge in [-0.25, -0.2) is 4.79 Å². The van der Waals surface area contributed by atoms with Crippen LogP contribution < -0.4 is 10.6 Å². The Labute approximate surface area is 188 Å². The summed E-state index contributed by atoms with van der Waals surface area (Å²) in [6, 6.07) is 12.1. The number of nitrogens with zero attached hydrogens (tertiary/aromatic N) is 3. The Kier molecular flexibility index (Phi) is 6.43. The lowest BCUT2D eigenvalue weighted by Gasteiger charge is -2.10. The van der Waals surface area contributed by atoms with Crippen molar-refractivity contribution >= 4 is 46.0 Å². The Hall–Kier alpha value is -5.40. The lowest BCUT2D eigenvalue weighted by Crippen LogP contribution is -2.17. The fourth-order valence-corrected chi connectivity index (χ4v) is 2.99. The monoisotopic (exact) mass is 467 g/mol. The van der Waals surface area contributed by atoms with Gasteiger partial charge in [0, 0.05) is 23.5 Å². The second-order valence-corrected chi connectivity index (χ2v) is 6.63. The molecule has 3 aromatic carbocycles. The van der Waals surface area contributed by atoms with Gasteiger partial charge < -0.3 is 15.7 Å². The van der Waals surface area contributed by atoms with Crippen molar-refractivity contribution < 1.29 is 29.5 Å². The van der Waals surface area contributed by atoms with Crippen molar-refractivity contribution in [2.75, 3.05) is 10.6 Å². The Balaban J connectivity index is 1.82. The van der Waals surface area contributed by atoms with Crippen LogP contribution in [0.2, 0.25) is 0 Å². The summed E-state index contributed by atoms with van der Waals surface area (Å²) >= 11 is 0. The van der Waals surface area contributed by atoms with Crippen LogP contribution in [-0.2, 0) is 0 Å². The number of rotatable bonds is 8. The predicted molar refractivity (Wildman–Crippen MR) is 117 cm³/mol. The molecule has 34 heavy (non-hydrogen) atoms. The normalized spacial score (nSPS) is 10.2. The molecule has 0 unspecified atom stereocenters. The molecule has 0 saturated carbocycles. The third-order valence-electron chi connectivity index (χ3n) is 4.51. The summed E-state index contributed by atoms with van der Waals surface area (Å²) in [5, 5.41) is 47.7. The standard InChI is InChI=1S/C20H13N5O9/c26-19(14-2-1-3-16(24(31)32)18(14)20(27)28)22-12-6-4-11(5-7-12)21-15-9-8-13(23(29)30)10-17(15)25(33)34/h1-10,21H,(H,22,26)(H,27,28). The van der Waals surface area contributed by atoms with Gasteiger partial charge in [-0.1, -0.05) is 6.07 Å². The van der Waals surface area contributed by atoms with Crippen molar-refractivity contribution in [2.24, 2.45) is 0 Å². The van der Waals surface area contributed by atoms with Crippen LogP contribution in [0.15, 0.2) is 60.7 Å². The molecule has 0 atom stereocenters. The van der Waals surface area contributed by atoms with Gasteiger partial charge in [0.1, 0.15) is 11.3 Å². The SMILES string of the molecule is O=C(Nc1ccc(Nc2ccc([N+](=O)[O-])cc2[N+](=O)[O-])cc1)c1cccc([N+](=O)[O-])c1C(=O)O. The highest BCUT2D eigenvalue weighted by atomic mass is 16.6. The minimum Gasteiger partial charge on any atom is -0.477 e. The Morgan fingerprint density at radius 3 is 1.94 bits per heavy atom. The number of carboxylic acids is 1. The Morgan fingerprint density at radius 2 is 1.38 bits per heavy atom. The number of hydrogen-bond donors (Lipinski definition) is 3. The molecule has 1 amide bonds. The summed E-state index contributed by atoms with van der Waals surface area (Å²) in [4.78, 5) is 54.8. The zero-order valence-corrected chi connectivity index (χ0v) is 16.8. The highest BCUT2D eigenvalue weighted by molar-refractivity contribution is 6.12. The van der Waals surface area contributed by atoms with Crippen molar-refractivity contribution in [1.82, 2.24) is 0 Å². The molecule has 14 nitrogen and oxygen atoms in total. The molecule has 0 saturated heterocycles. The molecule has 0 fully saturated rings. The van der Waals surface area contributed by atoms with Crippen LogP contribution in [0.1, 0.15) is 20.7 Å². The Morgan fingerprint density at radius 1 is 0.765 bits per heavy atom. The van der Waals surface area contributed by atoms with Gasteiger partial charge in [-0.05, 0) is 36.4 Å². The average molecular weight is 467 g/mol. The number of amides is 1. The van der Waals surface area contributed by atoms with Crippen molar-refractivity contribution in [3.8, 4) is 0 Å². The third-order valence-corrected chi connectivity index (χ3v) is 4.51. The molecule has 0 heterocycles. The first-order valence-electron chi connectivity index (χ1n) is 9.20. The van der Waals surface area contributed by atoms with Crippen LogP contribution in [0.25, 0.3) is 0 Å². The molecule has 3 rings (SSSR count). The number of carbonyl (C=O) groups is 2. The molecular formula is C20H13N5O9. The molecule has 0 radical (unpaired) electrons. The van der Waals surface area contributed by atoms with Crippen molar-refractivity contribution in [3.63, 3.8) is 0 Å². The van der Waals surface area contributed by atoms with Crippen molar-refractivity contribution in [3.05, 3.63) is 102 Å². The van der Waals surface area contributed by atoms with Crippen LogP contribution in [0, 0.1) is 30.3 Å². The van der Waals surface area contributed by atoms with Gasteiger partial charge >= 0.3 is 5.97 Å². The zero-order valence-electron chi connectivity index (χ0n) is 16.8. The maximum Gasteiger partial charge on any atom is 0.343 e. The fraction of sp³-hybridized carbons (Fsp3) is 0. The molecule has 3 N–H and O–H groups in total. The summed E-state index contributed by atoms with van der Waals surface area (Å²) < 4.78 is 0. The minimum atomic E-state index is -1.64. The van der Waals surface area contributed by atoms with E-state index < -0.39 is 54.8 Å². The molecule has 0 aliphatic rings. The number of nitro benzene ring substituents is 3. The maximum absolute atomic E-state index is 12.6. The van der Waals surface area contributed by atoms with E-state index in [2.05, 4.69) is 10.6 Å². The number of nitro groups is 3. The van der Waals surface area contributed by atoms with E-state index in [1.54, 1.807) is 0 Å². The van der Waals surface area contributed by atoms with Crippen LogP contribution >= 0.6 is 0 Å². The van der Waals surface area contributed by atoms with E-state index >= 15 is 0 Å². The number of aromatic carboxylic acids is 1. The van der Waals surface area contributed by atoms with E-state index in [1.165, 1.54) is 36.4 Å².